The van der Waals surface area contributed by atoms with E-state index in [-0.39, 0.29) is 23.4 Å². The normalized spacial score (nSPS) is 14.4. The van der Waals surface area contributed by atoms with Gasteiger partial charge in [0, 0.05) is 28.2 Å². The van der Waals surface area contributed by atoms with Gasteiger partial charge >= 0.3 is 0 Å². The topological polar surface area (TPSA) is 86.8 Å². The third kappa shape index (κ3) is 7.42. The fourth-order valence-corrected chi connectivity index (χ4v) is 6.93. The smallest absolute Gasteiger partial charge is 0.264 e. The van der Waals surface area contributed by atoms with E-state index in [2.05, 4.69) is 5.32 Å². The molecule has 0 radical (unpaired) electrons. The highest BCUT2D eigenvalue weighted by molar-refractivity contribution is 7.92. The molecule has 0 bridgehead atoms. The van der Waals surface area contributed by atoms with Crippen molar-refractivity contribution in [1.29, 1.82) is 0 Å². The average molecular weight is 617 g/mol. The van der Waals surface area contributed by atoms with Crippen LogP contribution in [0.2, 0.25) is 10.0 Å². The van der Waals surface area contributed by atoms with Crippen molar-refractivity contribution in [2.75, 3.05) is 10.8 Å². The van der Waals surface area contributed by atoms with E-state index in [1.54, 1.807) is 55.5 Å². The van der Waals surface area contributed by atoms with Crippen molar-refractivity contribution in [2.24, 2.45) is 0 Å². The van der Waals surface area contributed by atoms with Crippen molar-refractivity contribution in [2.45, 2.75) is 69.5 Å². The lowest BCUT2D eigenvalue weighted by atomic mass is 10.1. The van der Waals surface area contributed by atoms with Crippen LogP contribution in [0.3, 0.4) is 0 Å². The maximum atomic E-state index is 14.1. The molecule has 0 heterocycles. The molecular formula is C31H35Cl2N3O4S. The standard InChI is InChI=1S/C31H35Cl2N3O4S/c1-3-23-16-18-25(19-17-23)36(41(39,40)26-12-5-4-6-13-26)21-30(37)35(20-27-28(32)14-9-15-29(27)33)22(2)31(38)34-24-10-7-8-11-24/h4-6,9,12-19,22,24H,3,7-8,10-11,20-21H2,1-2H3,(H,34,38)/t22-/m0/s1. The number of halogens is 2. The number of sulfonamides is 1. The minimum atomic E-state index is -4.12. The lowest BCUT2D eigenvalue weighted by molar-refractivity contribution is -0.139. The van der Waals surface area contributed by atoms with Crippen molar-refractivity contribution in [1.82, 2.24) is 10.2 Å². The maximum Gasteiger partial charge on any atom is 0.264 e. The number of carbonyl (C=O) groups is 2. The van der Waals surface area contributed by atoms with Crippen LogP contribution in [0, 0.1) is 0 Å². The Labute approximate surface area is 252 Å². The van der Waals surface area contributed by atoms with Crippen LogP contribution in [-0.4, -0.2) is 43.8 Å². The summed E-state index contributed by atoms with van der Waals surface area (Å²) in [5, 5.41) is 3.75. The fourth-order valence-electron chi connectivity index (χ4n) is 4.97. The number of hydrogen-bond acceptors (Lipinski definition) is 4. The lowest BCUT2D eigenvalue weighted by Gasteiger charge is -2.33. The summed E-state index contributed by atoms with van der Waals surface area (Å²) in [5.41, 5.74) is 1.86. The Hall–Kier alpha value is -3.07. The van der Waals surface area contributed by atoms with E-state index in [0.717, 1.165) is 42.0 Å². The van der Waals surface area contributed by atoms with Crippen LogP contribution in [0.4, 0.5) is 5.69 Å². The molecule has 3 aromatic carbocycles. The number of nitrogens with zero attached hydrogens (tertiary/aromatic N) is 2. The molecule has 41 heavy (non-hydrogen) atoms. The van der Waals surface area contributed by atoms with Gasteiger partial charge in [0.05, 0.1) is 10.6 Å². The van der Waals surface area contributed by atoms with Crippen molar-refractivity contribution in [3.05, 3.63) is 94.0 Å². The molecule has 1 aliphatic carbocycles. The molecule has 1 atom stereocenters. The van der Waals surface area contributed by atoms with Gasteiger partial charge in [-0.2, -0.15) is 0 Å². The summed E-state index contributed by atoms with van der Waals surface area (Å²) in [6.45, 7) is 3.06. The quantitative estimate of drug-likeness (QED) is 0.277. The molecule has 1 fully saturated rings. The van der Waals surface area contributed by atoms with Gasteiger partial charge in [0.1, 0.15) is 12.6 Å². The second kappa shape index (κ2) is 13.7. The van der Waals surface area contributed by atoms with Gasteiger partial charge < -0.3 is 10.2 Å². The summed E-state index contributed by atoms with van der Waals surface area (Å²) in [6, 6.07) is 19.2. The van der Waals surface area contributed by atoms with Gasteiger partial charge in [-0.25, -0.2) is 8.42 Å². The highest BCUT2D eigenvalue weighted by atomic mass is 35.5. The van der Waals surface area contributed by atoms with Gasteiger partial charge in [-0.15, -0.1) is 0 Å². The predicted molar refractivity (Wildman–Crippen MR) is 164 cm³/mol. The van der Waals surface area contributed by atoms with E-state index >= 15 is 0 Å². The third-order valence-electron chi connectivity index (χ3n) is 7.50. The third-order valence-corrected chi connectivity index (χ3v) is 10.00. The Morgan fingerprint density at radius 1 is 0.927 bits per heavy atom. The van der Waals surface area contributed by atoms with E-state index in [1.807, 2.05) is 19.1 Å². The van der Waals surface area contributed by atoms with Gasteiger partial charge in [-0.05, 0) is 68.1 Å². The zero-order valence-corrected chi connectivity index (χ0v) is 25.6. The van der Waals surface area contributed by atoms with Crippen LogP contribution in [-0.2, 0) is 32.6 Å². The van der Waals surface area contributed by atoms with E-state index in [4.69, 9.17) is 23.2 Å². The number of amides is 2. The number of anilines is 1. The van der Waals surface area contributed by atoms with Gasteiger partial charge in [0.15, 0.2) is 0 Å². The maximum absolute atomic E-state index is 14.1. The molecule has 3 aromatic rings. The van der Waals surface area contributed by atoms with Crippen LogP contribution in [0.1, 0.15) is 50.7 Å². The molecule has 0 saturated heterocycles. The van der Waals surface area contributed by atoms with Crippen LogP contribution < -0.4 is 9.62 Å². The highest BCUT2D eigenvalue weighted by Gasteiger charge is 2.34. The molecule has 0 aliphatic heterocycles. The fraction of sp³-hybridized carbons (Fsp3) is 0.355. The molecule has 0 unspecified atom stereocenters. The minimum Gasteiger partial charge on any atom is -0.352 e. The van der Waals surface area contributed by atoms with Crippen LogP contribution in [0.5, 0.6) is 0 Å². The molecule has 0 aromatic heterocycles. The zero-order chi connectivity index (χ0) is 29.6. The Bertz CT molecular complexity index is 1440. The number of nitrogens with one attached hydrogen (secondary N) is 1. The second-order valence-corrected chi connectivity index (χ2v) is 12.9. The van der Waals surface area contributed by atoms with E-state index in [1.165, 1.54) is 17.0 Å². The van der Waals surface area contributed by atoms with E-state index < -0.39 is 28.5 Å². The molecule has 1 N–H and O–H groups in total. The van der Waals surface area contributed by atoms with Crippen molar-refractivity contribution < 1.29 is 18.0 Å². The monoisotopic (exact) mass is 615 g/mol. The molecule has 10 heteroatoms. The van der Waals surface area contributed by atoms with Crippen LogP contribution in [0.25, 0.3) is 0 Å². The molecular weight excluding hydrogens is 581 g/mol. The first-order valence-corrected chi connectivity index (χ1v) is 16.0. The zero-order valence-electron chi connectivity index (χ0n) is 23.2. The molecule has 4 rings (SSSR count). The Balaban J connectivity index is 1.71. The molecule has 0 spiro atoms. The summed E-state index contributed by atoms with van der Waals surface area (Å²) >= 11 is 12.9. The predicted octanol–water partition coefficient (Wildman–Crippen LogP) is 6.23. The summed E-state index contributed by atoms with van der Waals surface area (Å²) < 4.78 is 28.8. The first kappa shape index (κ1) is 30.9. The van der Waals surface area contributed by atoms with E-state index in [9.17, 15) is 18.0 Å². The summed E-state index contributed by atoms with van der Waals surface area (Å²) in [7, 11) is -4.12. The summed E-state index contributed by atoms with van der Waals surface area (Å²) in [5.74, 6) is -0.868. The van der Waals surface area contributed by atoms with Gasteiger partial charge in [-0.3, -0.25) is 13.9 Å². The van der Waals surface area contributed by atoms with Crippen molar-refractivity contribution in [3.63, 3.8) is 0 Å². The molecule has 7 nitrogen and oxygen atoms in total. The van der Waals surface area contributed by atoms with Crippen LogP contribution >= 0.6 is 23.2 Å². The molecule has 1 saturated carbocycles. The molecule has 2 amide bonds. The molecule has 218 valence electrons. The first-order valence-electron chi connectivity index (χ1n) is 13.8. The Kier molecular flexibility index (Phi) is 10.3. The number of aryl methyl sites for hydroxylation is 1. The first-order chi connectivity index (χ1) is 19.6. The second-order valence-electron chi connectivity index (χ2n) is 10.2. The van der Waals surface area contributed by atoms with Crippen molar-refractivity contribution in [3.8, 4) is 0 Å². The number of carbonyl (C=O) groups excluding carboxylic acids is 2. The lowest BCUT2D eigenvalue weighted by Crippen LogP contribution is -2.52. The largest absolute Gasteiger partial charge is 0.352 e. The SMILES string of the molecule is CCc1ccc(N(CC(=O)N(Cc2c(Cl)cccc2Cl)[C@@H](C)C(=O)NC2CCCC2)S(=O)(=O)c2ccccc2)cc1. The number of benzene rings is 3. The highest BCUT2D eigenvalue weighted by Crippen LogP contribution is 2.29. The summed E-state index contributed by atoms with van der Waals surface area (Å²) in [6.07, 6.45) is 4.64. The van der Waals surface area contributed by atoms with Crippen LogP contribution in [0.15, 0.2) is 77.7 Å². The van der Waals surface area contributed by atoms with Crippen molar-refractivity contribution >= 4 is 50.7 Å². The van der Waals surface area contributed by atoms with Gasteiger partial charge in [-0.1, -0.05) is 79.4 Å². The minimum absolute atomic E-state index is 0.0536. The Morgan fingerprint density at radius 3 is 2.12 bits per heavy atom. The average Bonchev–Trinajstić information content (AvgIpc) is 3.49. The number of hydrogen-bond donors (Lipinski definition) is 1. The van der Waals surface area contributed by atoms with Gasteiger partial charge in [0.25, 0.3) is 10.0 Å². The van der Waals surface area contributed by atoms with Gasteiger partial charge in [0.2, 0.25) is 11.8 Å². The van der Waals surface area contributed by atoms with E-state index in [0.29, 0.717) is 21.3 Å². The number of rotatable bonds is 11. The Morgan fingerprint density at radius 2 is 1.54 bits per heavy atom. The summed E-state index contributed by atoms with van der Waals surface area (Å²) in [4.78, 5) is 28.8. The molecule has 1 aliphatic rings.